The summed E-state index contributed by atoms with van der Waals surface area (Å²) in [5.74, 6) is -1.73. The molecule has 0 aromatic heterocycles. The Labute approximate surface area is 118 Å². The van der Waals surface area contributed by atoms with Gasteiger partial charge in [0, 0.05) is 6.42 Å². The minimum atomic E-state index is -1.96. The van der Waals surface area contributed by atoms with E-state index in [9.17, 15) is 10.2 Å². The van der Waals surface area contributed by atoms with Gasteiger partial charge in [0.1, 0.15) is 6.10 Å². The van der Waals surface area contributed by atoms with Crippen LogP contribution in [0.5, 0.6) is 0 Å². The Hall–Kier alpha value is 0.0569. The van der Waals surface area contributed by atoms with Gasteiger partial charge in [-0.3, -0.25) is 0 Å². The van der Waals surface area contributed by atoms with Gasteiger partial charge in [-0.25, -0.2) is 0 Å². The molecule has 1 rings (SSSR count). The van der Waals surface area contributed by atoms with Crippen molar-refractivity contribution in [2.24, 2.45) is 0 Å². The van der Waals surface area contributed by atoms with E-state index in [2.05, 4.69) is 41.5 Å². The summed E-state index contributed by atoms with van der Waals surface area (Å²) in [6, 6.07) is 0. The first-order chi connectivity index (χ1) is 8.64. The first kappa shape index (κ1) is 17.1. The average Bonchev–Trinajstić information content (AvgIpc) is 2.57. The van der Waals surface area contributed by atoms with E-state index in [-0.39, 0.29) is 13.0 Å². The molecule has 1 fully saturated rings. The molecular formula is C14H30O4Si. The highest BCUT2D eigenvalue weighted by Crippen LogP contribution is 2.42. The zero-order valence-electron chi connectivity index (χ0n) is 13.1. The van der Waals surface area contributed by atoms with Gasteiger partial charge in [0.15, 0.2) is 14.1 Å². The maximum Gasteiger partial charge on any atom is 0.200 e. The predicted molar refractivity (Wildman–Crippen MR) is 78.5 cm³/mol. The third-order valence-electron chi connectivity index (χ3n) is 4.50. The molecule has 0 amide bonds. The van der Waals surface area contributed by atoms with Gasteiger partial charge in [0.2, 0.25) is 0 Å². The lowest BCUT2D eigenvalue weighted by atomic mass is 10.1. The summed E-state index contributed by atoms with van der Waals surface area (Å²) in [6.45, 7) is 14.0. The van der Waals surface area contributed by atoms with E-state index < -0.39 is 20.2 Å². The van der Waals surface area contributed by atoms with Crippen molar-refractivity contribution < 1.29 is 19.4 Å². The van der Waals surface area contributed by atoms with Crippen molar-refractivity contribution >= 4 is 8.32 Å². The fraction of sp³-hybridized carbons (Fsp3) is 1.00. The number of hydrogen-bond donors (Lipinski definition) is 2. The molecule has 1 aliphatic rings. The topological polar surface area (TPSA) is 58.9 Å². The third-order valence-corrected chi connectivity index (χ3v) is 10.6. The van der Waals surface area contributed by atoms with E-state index in [0.717, 1.165) is 0 Å². The van der Waals surface area contributed by atoms with Crippen molar-refractivity contribution in [1.82, 2.24) is 0 Å². The molecule has 1 saturated heterocycles. The van der Waals surface area contributed by atoms with Crippen molar-refractivity contribution in [2.45, 2.75) is 76.5 Å². The lowest BCUT2D eigenvalue weighted by Crippen LogP contribution is -2.51. The molecule has 2 N–H and O–H groups in total. The molecule has 0 radical (unpaired) electrons. The lowest BCUT2D eigenvalue weighted by Gasteiger charge is -2.43. The van der Waals surface area contributed by atoms with E-state index in [1.165, 1.54) is 0 Å². The molecule has 0 saturated carbocycles. The lowest BCUT2D eigenvalue weighted by molar-refractivity contribution is -0.199. The fourth-order valence-corrected chi connectivity index (χ4v) is 8.99. The minimum Gasteiger partial charge on any atom is -0.413 e. The summed E-state index contributed by atoms with van der Waals surface area (Å²) in [7, 11) is -1.96. The molecule has 0 aromatic rings. The molecule has 1 aliphatic heterocycles. The number of ether oxygens (including phenoxy) is 1. The summed E-state index contributed by atoms with van der Waals surface area (Å²) in [6.07, 6.45) is -0.351. The van der Waals surface area contributed by atoms with Crippen LogP contribution in [0.4, 0.5) is 0 Å². The molecule has 4 nitrogen and oxygen atoms in total. The van der Waals surface area contributed by atoms with Gasteiger partial charge >= 0.3 is 0 Å². The van der Waals surface area contributed by atoms with Gasteiger partial charge in [-0.1, -0.05) is 41.5 Å². The van der Waals surface area contributed by atoms with Crippen LogP contribution in [-0.4, -0.2) is 43.6 Å². The zero-order valence-corrected chi connectivity index (χ0v) is 14.1. The van der Waals surface area contributed by atoms with Crippen LogP contribution in [0.2, 0.25) is 16.6 Å². The van der Waals surface area contributed by atoms with E-state index in [4.69, 9.17) is 9.16 Å². The SMILES string of the molecule is CC(C)[Si](OCC1OCCC1(O)O)(C(C)C)C(C)C. The highest BCUT2D eigenvalue weighted by atomic mass is 28.4. The second kappa shape index (κ2) is 6.22. The second-order valence-corrected chi connectivity index (χ2v) is 12.1. The number of aliphatic hydroxyl groups is 2. The summed E-state index contributed by atoms with van der Waals surface area (Å²) in [5, 5.41) is 19.7. The monoisotopic (exact) mass is 290 g/mol. The molecule has 114 valence electrons. The zero-order chi connectivity index (χ0) is 14.8. The van der Waals surface area contributed by atoms with E-state index in [0.29, 0.717) is 23.2 Å². The van der Waals surface area contributed by atoms with Gasteiger partial charge in [0.05, 0.1) is 13.2 Å². The van der Waals surface area contributed by atoms with Gasteiger partial charge in [0.25, 0.3) is 0 Å². The molecule has 19 heavy (non-hydrogen) atoms. The van der Waals surface area contributed by atoms with Crippen LogP contribution in [0.15, 0.2) is 0 Å². The van der Waals surface area contributed by atoms with Crippen molar-refractivity contribution in [3.63, 3.8) is 0 Å². The first-order valence-corrected chi connectivity index (χ1v) is 9.49. The summed E-state index contributed by atoms with van der Waals surface area (Å²) in [4.78, 5) is 0. The van der Waals surface area contributed by atoms with Crippen molar-refractivity contribution in [3.05, 3.63) is 0 Å². The smallest absolute Gasteiger partial charge is 0.200 e. The molecular weight excluding hydrogens is 260 g/mol. The summed E-state index contributed by atoms with van der Waals surface area (Å²) >= 11 is 0. The Morgan fingerprint density at radius 3 is 1.89 bits per heavy atom. The van der Waals surface area contributed by atoms with Crippen molar-refractivity contribution in [1.29, 1.82) is 0 Å². The van der Waals surface area contributed by atoms with Crippen LogP contribution in [0.25, 0.3) is 0 Å². The standard InChI is InChI=1S/C14H30O4Si/c1-10(2)19(11(3)4,12(5)6)18-9-13-14(15,16)7-8-17-13/h10-13,15-16H,7-9H2,1-6H3. The minimum absolute atomic E-state index is 0.265. The Morgan fingerprint density at radius 1 is 1.11 bits per heavy atom. The van der Waals surface area contributed by atoms with Gasteiger partial charge in [-0.15, -0.1) is 0 Å². The van der Waals surface area contributed by atoms with Crippen molar-refractivity contribution in [2.75, 3.05) is 13.2 Å². The van der Waals surface area contributed by atoms with Crippen LogP contribution in [0.3, 0.4) is 0 Å². The van der Waals surface area contributed by atoms with Crippen LogP contribution < -0.4 is 0 Å². The van der Waals surface area contributed by atoms with E-state index in [1.54, 1.807) is 0 Å². The highest BCUT2D eigenvalue weighted by molar-refractivity contribution is 6.77. The number of rotatable bonds is 6. The maximum absolute atomic E-state index is 9.83. The summed E-state index contributed by atoms with van der Waals surface area (Å²) < 4.78 is 11.7. The predicted octanol–water partition coefficient (Wildman–Crippen LogP) is 2.65. The van der Waals surface area contributed by atoms with E-state index in [1.807, 2.05) is 0 Å². The molecule has 0 aliphatic carbocycles. The van der Waals surface area contributed by atoms with Crippen LogP contribution in [0.1, 0.15) is 48.0 Å². The molecule has 0 aromatic carbocycles. The second-order valence-electron chi connectivity index (χ2n) is 6.62. The Balaban J connectivity index is 2.79. The van der Waals surface area contributed by atoms with Crippen LogP contribution in [0, 0.1) is 0 Å². The average molecular weight is 290 g/mol. The summed E-state index contributed by atoms with van der Waals surface area (Å²) in [5.41, 5.74) is 1.46. The highest BCUT2D eigenvalue weighted by Gasteiger charge is 2.48. The quantitative estimate of drug-likeness (QED) is 0.583. The molecule has 5 heteroatoms. The fourth-order valence-electron chi connectivity index (χ4n) is 3.55. The molecule has 0 bridgehead atoms. The van der Waals surface area contributed by atoms with Gasteiger partial charge in [-0.2, -0.15) is 0 Å². The van der Waals surface area contributed by atoms with Gasteiger partial charge < -0.3 is 19.4 Å². The third kappa shape index (κ3) is 3.39. The molecule has 1 unspecified atom stereocenters. The molecule has 1 atom stereocenters. The van der Waals surface area contributed by atoms with Crippen LogP contribution >= 0.6 is 0 Å². The Morgan fingerprint density at radius 2 is 1.58 bits per heavy atom. The maximum atomic E-state index is 9.83. The normalized spacial score (nSPS) is 23.8. The van der Waals surface area contributed by atoms with Crippen molar-refractivity contribution in [3.8, 4) is 0 Å². The molecule has 1 heterocycles. The Kier molecular flexibility index (Phi) is 5.60. The first-order valence-electron chi connectivity index (χ1n) is 7.34. The van der Waals surface area contributed by atoms with E-state index >= 15 is 0 Å². The number of hydrogen-bond acceptors (Lipinski definition) is 4. The Bertz CT molecular complexity index is 267. The largest absolute Gasteiger partial charge is 0.413 e. The van der Waals surface area contributed by atoms with Crippen LogP contribution in [-0.2, 0) is 9.16 Å². The van der Waals surface area contributed by atoms with Gasteiger partial charge in [-0.05, 0) is 16.6 Å². The molecule has 0 spiro atoms.